The van der Waals surface area contributed by atoms with E-state index in [9.17, 15) is 14.4 Å². The Kier molecular flexibility index (Phi) is 10.3. The molecule has 0 aliphatic heterocycles. The van der Waals surface area contributed by atoms with E-state index in [1.807, 2.05) is 84.9 Å². The molecule has 0 atom stereocenters. The summed E-state index contributed by atoms with van der Waals surface area (Å²) in [5.74, 6) is -1.75. The summed E-state index contributed by atoms with van der Waals surface area (Å²) in [7, 11) is 0. The van der Waals surface area contributed by atoms with Crippen LogP contribution in [0.1, 0.15) is 21.5 Å². The summed E-state index contributed by atoms with van der Waals surface area (Å²) in [6.07, 6.45) is 3.20. The summed E-state index contributed by atoms with van der Waals surface area (Å²) in [5, 5.41) is 14.1. The van der Waals surface area contributed by atoms with Gasteiger partial charge >= 0.3 is 11.8 Å². The van der Waals surface area contributed by atoms with E-state index in [-0.39, 0.29) is 11.3 Å². The molecule has 0 saturated heterocycles. The number of rotatable bonds is 10. The molecule has 0 radical (unpaired) electrons. The second-order valence-corrected chi connectivity index (χ2v) is 11.6. The van der Waals surface area contributed by atoms with Crippen LogP contribution in [0.5, 0.6) is 5.75 Å². The Hall–Kier alpha value is -6.33. The Balaban J connectivity index is 1.14. The van der Waals surface area contributed by atoms with E-state index in [0.29, 0.717) is 29.3 Å². The van der Waals surface area contributed by atoms with E-state index in [4.69, 9.17) is 9.84 Å². The number of aromatic nitrogens is 2. The van der Waals surface area contributed by atoms with Crippen LogP contribution < -0.4 is 20.8 Å². The molecular formula is C38H29BrN6O4. The van der Waals surface area contributed by atoms with E-state index in [1.165, 1.54) is 12.3 Å². The number of carbonyl (C=O) groups excluding carboxylic acids is 3. The number of para-hydroxylation sites is 2. The van der Waals surface area contributed by atoms with E-state index in [0.717, 1.165) is 21.3 Å². The van der Waals surface area contributed by atoms with E-state index in [2.05, 4.69) is 37.1 Å². The number of hydrogen-bond acceptors (Lipinski definition) is 6. The first-order valence-electron chi connectivity index (χ1n) is 15.2. The van der Waals surface area contributed by atoms with Crippen LogP contribution in [0.15, 0.2) is 149 Å². The van der Waals surface area contributed by atoms with Crippen molar-refractivity contribution in [1.82, 2.24) is 15.2 Å². The molecule has 5 aromatic carbocycles. The van der Waals surface area contributed by atoms with Gasteiger partial charge in [0, 0.05) is 27.5 Å². The van der Waals surface area contributed by atoms with Gasteiger partial charge in [0.2, 0.25) is 0 Å². The Morgan fingerprint density at radius 3 is 2.16 bits per heavy atom. The molecule has 6 aromatic rings. The number of anilines is 2. The molecule has 6 rings (SSSR count). The molecule has 1 heterocycles. The quantitative estimate of drug-likeness (QED) is 0.0785. The highest BCUT2D eigenvalue weighted by molar-refractivity contribution is 9.10. The molecule has 3 N–H and O–H groups in total. The molecule has 0 bridgehead atoms. The minimum atomic E-state index is -1.02. The van der Waals surface area contributed by atoms with Gasteiger partial charge in [0.25, 0.3) is 5.91 Å². The number of carbonyl (C=O) groups is 3. The predicted molar refractivity (Wildman–Crippen MR) is 193 cm³/mol. The maximum Gasteiger partial charge on any atom is 0.329 e. The second kappa shape index (κ2) is 15.5. The summed E-state index contributed by atoms with van der Waals surface area (Å²) in [6.45, 7) is 0.443. The molecule has 0 saturated carbocycles. The van der Waals surface area contributed by atoms with Crippen LogP contribution in [0.4, 0.5) is 11.4 Å². The monoisotopic (exact) mass is 712 g/mol. The van der Waals surface area contributed by atoms with Gasteiger partial charge in [0.05, 0.1) is 23.2 Å². The Morgan fingerprint density at radius 1 is 0.755 bits per heavy atom. The highest BCUT2D eigenvalue weighted by Crippen LogP contribution is 2.26. The molecule has 1 aromatic heterocycles. The standard InChI is InChI=1S/C38H29BrN6O4/c39-29-17-19-30(20-18-29)41-36(46)33-13-7-8-14-34(33)42-37(47)38(48)43-40-23-28-24-45(31-11-5-2-6-12-31)44-35(28)27-15-21-32(22-16-27)49-25-26-9-3-1-4-10-26/h1-24H,25H2,(H,41,46)(H,42,47)(H,43,48). The summed E-state index contributed by atoms with van der Waals surface area (Å²) in [6, 6.07) is 40.4. The van der Waals surface area contributed by atoms with Gasteiger partial charge in [-0.2, -0.15) is 10.2 Å². The van der Waals surface area contributed by atoms with Crippen molar-refractivity contribution in [3.8, 4) is 22.7 Å². The van der Waals surface area contributed by atoms with E-state index >= 15 is 0 Å². The van der Waals surface area contributed by atoms with Crippen molar-refractivity contribution in [2.24, 2.45) is 5.10 Å². The average molecular weight is 714 g/mol. The Labute approximate surface area is 290 Å². The summed E-state index contributed by atoms with van der Waals surface area (Å²) < 4.78 is 8.51. The van der Waals surface area contributed by atoms with Gasteiger partial charge in [0.15, 0.2) is 0 Å². The lowest BCUT2D eigenvalue weighted by Gasteiger charge is -2.11. The molecule has 0 aliphatic rings. The van der Waals surface area contributed by atoms with Crippen molar-refractivity contribution >= 4 is 51.2 Å². The summed E-state index contributed by atoms with van der Waals surface area (Å²) in [4.78, 5) is 38.5. The van der Waals surface area contributed by atoms with Crippen LogP contribution in [0.3, 0.4) is 0 Å². The fraction of sp³-hybridized carbons (Fsp3) is 0.0263. The fourth-order valence-electron chi connectivity index (χ4n) is 4.78. The van der Waals surface area contributed by atoms with Gasteiger partial charge < -0.3 is 15.4 Å². The Morgan fingerprint density at radius 2 is 1.43 bits per heavy atom. The van der Waals surface area contributed by atoms with Crippen molar-refractivity contribution in [2.75, 3.05) is 10.6 Å². The molecule has 3 amide bonds. The maximum absolute atomic E-state index is 13.0. The lowest BCUT2D eigenvalue weighted by molar-refractivity contribution is -0.136. The van der Waals surface area contributed by atoms with Crippen LogP contribution in [0.2, 0.25) is 0 Å². The molecule has 0 spiro atoms. The van der Waals surface area contributed by atoms with Gasteiger partial charge in [-0.3, -0.25) is 14.4 Å². The third-order valence-electron chi connectivity index (χ3n) is 7.24. The van der Waals surface area contributed by atoms with Crippen LogP contribution in [0.25, 0.3) is 16.9 Å². The van der Waals surface area contributed by atoms with Crippen molar-refractivity contribution in [3.05, 3.63) is 161 Å². The zero-order chi connectivity index (χ0) is 34.0. The first-order valence-corrected chi connectivity index (χ1v) is 15.9. The molecule has 11 heteroatoms. The van der Waals surface area contributed by atoms with Crippen LogP contribution in [-0.4, -0.2) is 33.7 Å². The maximum atomic E-state index is 13.0. The highest BCUT2D eigenvalue weighted by Gasteiger charge is 2.18. The zero-order valence-electron chi connectivity index (χ0n) is 25.9. The smallest absolute Gasteiger partial charge is 0.329 e. The van der Waals surface area contributed by atoms with Crippen molar-refractivity contribution in [3.63, 3.8) is 0 Å². The molecule has 0 unspecified atom stereocenters. The average Bonchev–Trinajstić information content (AvgIpc) is 3.57. The first kappa shape index (κ1) is 32.6. The predicted octanol–water partition coefficient (Wildman–Crippen LogP) is 7.22. The highest BCUT2D eigenvalue weighted by atomic mass is 79.9. The summed E-state index contributed by atoms with van der Waals surface area (Å²) >= 11 is 3.36. The molecule has 49 heavy (non-hydrogen) atoms. The minimum Gasteiger partial charge on any atom is -0.489 e. The number of hydrazone groups is 1. The molecule has 0 aliphatic carbocycles. The number of hydrogen-bond donors (Lipinski definition) is 3. The van der Waals surface area contributed by atoms with Gasteiger partial charge in [-0.05, 0) is 78.4 Å². The minimum absolute atomic E-state index is 0.170. The Bertz CT molecular complexity index is 2100. The SMILES string of the molecule is O=C(NN=Cc1cn(-c2ccccc2)nc1-c1ccc(OCc2ccccc2)cc1)C(=O)Nc1ccccc1C(=O)Nc1ccc(Br)cc1. The van der Waals surface area contributed by atoms with Gasteiger partial charge in [0.1, 0.15) is 18.1 Å². The number of halogens is 1. The van der Waals surface area contributed by atoms with Gasteiger partial charge in [-0.25, -0.2) is 10.1 Å². The zero-order valence-corrected chi connectivity index (χ0v) is 27.5. The number of nitrogens with zero attached hydrogens (tertiary/aromatic N) is 3. The third-order valence-corrected chi connectivity index (χ3v) is 7.77. The van der Waals surface area contributed by atoms with Crippen LogP contribution in [-0.2, 0) is 16.2 Å². The van der Waals surface area contributed by atoms with Crippen molar-refractivity contribution < 1.29 is 19.1 Å². The van der Waals surface area contributed by atoms with Crippen LogP contribution in [0, 0.1) is 0 Å². The van der Waals surface area contributed by atoms with Crippen molar-refractivity contribution in [1.29, 1.82) is 0 Å². The second-order valence-electron chi connectivity index (χ2n) is 10.7. The molecule has 242 valence electrons. The lowest BCUT2D eigenvalue weighted by Crippen LogP contribution is -2.33. The van der Waals surface area contributed by atoms with Gasteiger partial charge in [-0.15, -0.1) is 0 Å². The summed E-state index contributed by atoms with van der Waals surface area (Å²) in [5.41, 5.74) is 7.09. The molecule has 0 fully saturated rings. The fourth-order valence-corrected chi connectivity index (χ4v) is 5.05. The number of nitrogens with one attached hydrogen (secondary N) is 3. The third kappa shape index (κ3) is 8.53. The largest absolute Gasteiger partial charge is 0.489 e. The van der Waals surface area contributed by atoms with E-state index < -0.39 is 17.7 Å². The number of benzene rings is 5. The van der Waals surface area contributed by atoms with E-state index in [1.54, 1.807) is 53.3 Å². The first-order chi connectivity index (χ1) is 23.9. The topological polar surface area (TPSA) is 127 Å². The normalized spacial score (nSPS) is 10.8. The van der Waals surface area contributed by atoms with Gasteiger partial charge in [-0.1, -0.05) is 76.6 Å². The van der Waals surface area contributed by atoms with Crippen molar-refractivity contribution in [2.45, 2.75) is 6.61 Å². The number of ether oxygens (including phenoxy) is 1. The number of amides is 3. The molecule has 10 nitrogen and oxygen atoms in total. The van der Waals surface area contributed by atoms with Crippen LogP contribution >= 0.6 is 15.9 Å². The molecular weight excluding hydrogens is 684 g/mol. The lowest BCUT2D eigenvalue weighted by atomic mass is 10.1.